The number of anilines is 1. The van der Waals surface area contributed by atoms with Gasteiger partial charge in [0.05, 0.1) is 19.3 Å². The monoisotopic (exact) mass is 468 g/mol. The van der Waals surface area contributed by atoms with E-state index < -0.39 is 5.97 Å². The summed E-state index contributed by atoms with van der Waals surface area (Å²) < 4.78 is 4.96. The van der Waals surface area contributed by atoms with E-state index in [1.165, 1.54) is 34.5 Å². The van der Waals surface area contributed by atoms with Gasteiger partial charge in [-0.05, 0) is 46.0 Å². The summed E-state index contributed by atoms with van der Waals surface area (Å²) in [4.78, 5) is 30.0. The quantitative estimate of drug-likeness (QED) is 0.498. The van der Waals surface area contributed by atoms with E-state index in [2.05, 4.69) is 66.7 Å². The molecule has 0 radical (unpaired) electrons. The Balaban J connectivity index is 1.51. The van der Waals surface area contributed by atoms with Crippen molar-refractivity contribution in [2.24, 2.45) is 0 Å². The van der Waals surface area contributed by atoms with Crippen molar-refractivity contribution in [1.29, 1.82) is 0 Å². The summed E-state index contributed by atoms with van der Waals surface area (Å²) in [6, 6.07) is 12.3. The molecular formula is C25H28N2O3S2. The minimum absolute atomic E-state index is 0.0720. The number of rotatable bonds is 5. The summed E-state index contributed by atoms with van der Waals surface area (Å²) in [6.45, 7) is 8.47. The lowest BCUT2D eigenvalue weighted by Gasteiger charge is -2.26. The summed E-state index contributed by atoms with van der Waals surface area (Å²) in [5.41, 5.74) is 4.14. The molecule has 0 aliphatic carbocycles. The number of fused-ring (bicyclic) bond motifs is 1. The van der Waals surface area contributed by atoms with Gasteiger partial charge in [0.2, 0.25) is 5.91 Å². The zero-order chi connectivity index (χ0) is 22.9. The number of thiophene rings is 2. The molecule has 1 aliphatic rings. The van der Waals surface area contributed by atoms with Gasteiger partial charge in [0, 0.05) is 22.8 Å². The third-order valence-electron chi connectivity index (χ3n) is 5.67. The fourth-order valence-corrected chi connectivity index (χ4v) is 5.77. The largest absolute Gasteiger partial charge is 0.465 e. The second-order valence-corrected chi connectivity index (χ2v) is 11.1. The van der Waals surface area contributed by atoms with Crippen molar-refractivity contribution in [3.63, 3.8) is 0 Å². The van der Waals surface area contributed by atoms with Gasteiger partial charge in [0.1, 0.15) is 4.88 Å². The van der Waals surface area contributed by atoms with Crippen LogP contribution in [0, 0.1) is 0 Å². The van der Waals surface area contributed by atoms with Crippen LogP contribution in [-0.2, 0) is 27.9 Å². The van der Waals surface area contributed by atoms with E-state index in [1.807, 2.05) is 6.07 Å². The first-order valence-electron chi connectivity index (χ1n) is 10.6. The van der Waals surface area contributed by atoms with Crippen LogP contribution in [0.2, 0.25) is 0 Å². The number of nitrogens with one attached hydrogen (secondary N) is 1. The van der Waals surface area contributed by atoms with Crippen molar-refractivity contribution < 1.29 is 14.3 Å². The molecule has 2 aromatic heterocycles. The lowest BCUT2D eigenvalue weighted by atomic mass is 9.86. The molecule has 5 nitrogen and oxygen atoms in total. The predicted octanol–water partition coefficient (Wildman–Crippen LogP) is 5.56. The second kappa shape index (κ2) is 9.17. The number of carbonyl (C=O) groups excluding carboxylic acids is 2. The molecule has 1 amide bonds. The van der Waals surface area contributed by atoms with Crippen LogP contribution in [-0.4, -0.2) is 37.0 Å². The van der Waals surface area contributed by atoms with E-state index in [-0.39, 0.29) is 11.3 Å². The second-order valence-electron chi connectivity index (χ2n) is 9.05. The van der Waals surface area contributed by atoms with Crippen molar-refractivity contribution in [1.82, 2.24) is 4.90 Å². The summed E-state index contributed by atoms with van der Waals surface area (Å²) in [6.07, 6.45) is 0.973. The number of hydrogen-bond acceptors (Lipinski definition) is 6. The average molecular weight is 469 g/mol. The molecule has 1 N–H and O–H groups in total. The number of benzene rings is 1. The van der Waals surface area contributed by atoms with Crippen molar-refractivity contribution in [3.8, 4) is 10.4 Å². The highest BCUT2D eigenvalue weighted by molar-refractivity contribution is 7.18. The van der Waals surface area contributed by atoms with Gasteiger partial charge in [-0.25, -0.2) is 4.79 Å². The normalized spacial score (nSPS) is 14.1. The molecule has 0 atom stereocenters. The zero-order valence-electron chi connectivity index (χ0n) is 18.9. The van der Waals surface area contributed by atoms with E-state index in [1.54, 1.807) is 11.3 Å². The Kier molecular flexibility index (Phi) is 6.51. The van der Waals surface area contributed by atoms with E-state index in [4.69, 9.17) is 4.74 Å². The summed E-state index contributed by atoms with van der Waals surface area (Å²) in [5.74, 6) is -0.565. The molecule has 1 aliphatic heterocycles. The van der Waals surface area contributed by atoms with Crippen molar-refractivity contribution >= 4 is 40.2 Å². The molecule has 3 heterocycles. The molecule has 0 bridgehead atoms. The van der Waals surface area contributed by atoms with Gasteiger partial charge in [-0.3, -0.25) is 9.69 Å². The molecule has 0 saturated carbocycles. The number of methoxy groups -OCH3 is 1. The van der Waals surface area contributed by atoms with Crippen LogP contribution in [0.4, 0.5) is 5.69 Å². The summed E-state index contributed by atoms with van der Waals surface area (Å²) in [5, 5.41) is 5.06. The lowest BCUT2D eigenvalue weighted by Crippen LogP contribution is -2.36. The third kappa shape index (κ3) is 4.95. The van der Waals surface area contributed by atoms with Gasteiger partial charge in [-0.15, -0.1) is 22.7 Å². The average Bonchev–Trinajstić information content (AvgIpc) is 3.39. The van der Waals surface area contributed by atoms with Crippen LogP contribution < -0.4 is 5.32 Å². The number of hydrogen-bond donors (Lipinski definition) is 1. The van der Waals surface area contributed by atoms with Gasteiger partial charge in [0.25, 0.3) is 0 Å². The van der Waals surface area contributed by atoms with Crippen LogP contribution in [0.25, 0.3) is 10.4 Å². The Labute approximate surface area is 197 Å². The number of nitrogens with zero attached hydrogens (tertiary/aromatic N) is 1. The zero-order valence-corrected chi connectivity index (χ0v) is 20.5. The molecule has 4 rings (SSSR count). The Morgan fingerprint density at radius 3 is 2.59 bits per heavy atom. The number of carbonyl (C=O) groups is 2. The molecule has 168 valence electrons. The minimum atomic E-state index is -0.441. The van der Waals surface area contributed by atoms with Gasteiger partial charge in [0.15, 0.2) is 0 Å². The van der Waals surface area contributed by atoms with E-state index in [0.717, 1.165) is 30.0 Å². The maximum absolute atomic E-state index is 12.8. The highest BCUT2D eigenvalue weighted by atomic mass is 32.1. The number of esters is 1. The van der Waals surface area contributed by atoms with Crippen LogP contribution >= 0.6 is 22.7 Å². The molecule has 0 unspecified atom stereocenters. The van der Waals surface area contributed by atoms with Gasteiger partial charge < -0.3 is 10.1 Å². The first-order chi connectivity index (χ1) is 15.2. The summed E-state index contributed by atoms with van der Waals surface area (Å²) >= 11 is 3.12. The van der Waals surface area contributed by atoms with Gasteiger partial charge >= 0.3 is 5.97 Å². The van der Waals surface area contributed by atoms with Crippen LogP contribution in [0.15, 0.2) is 41.8 Å². The Morgan fingerprint density at radius 1 is 1.16 bits per heavy atom. The maximum atomic E-state index is 12.8. The van der Waals surface area contributed by atoms with Crippen molar-refractivity contribution in [3.05, 3.63) is 62.7 Å². The van der Waals surface area contributed by atoms with E-state index >= 15 is 0 Å². The van der Waals surface area contributed by atoms with E-state index in [0.29, 0.717) is 17.1 Å². The molecule has 3 aromatic rings. The molecule has 0 spiro atoms. The first-order valence-corrected chi connectivity index (χ1v) is 12.3. The van der Waals surface area contributed by atoms with Crippen LogP contribution in [0.5, 0.6) is 0 Å². The molecule has 1 aromatic carbocycles. The minimum Gasteiger partial charge on any atom is -0.465 e. The first kappa shape index (κ1) is 22.7. The van der Waals surface area contributed by atoms with Gasteiger partial charge in [-0.2, -0.15) is 0 Å². The van der Waals surface area contributed by atoms with Crippen LogP contribution in [0.1, 0.15) is 46.4 Å². The molecule has 7 heteroatoms. The highest BCUT2D eigenvalue weighted by Crippen LogP contribution is 2.36. The number of amides is 1. The number of ether oxygens (including phenoxy) is 1. The summed E-state index contributed by atoms with van der Waals surface area (Å²) in [7, 11) is 1.36. The topological polar surface area (TPSA) is 58.6 Å². The Morgan fingerprint density at radius 2 is 1.91 bits per heavy atom. The molecular weight excluding hydrogens is 440 g/mol. The SMILES string of the molecule is COC(=O)c1sc(-c2ccc(C(C)(C)C)cc2)cc1NC(=O)CN1CCc2sccc2C1. The highest BCUT2D eigenvalue weighted by Gasteiger charge is 2.23. The Hall–Kier alpha value is -2.48. The van der Waals surface area contributed by atoms with Crippen molar-refractivity contribution in [2.75, 3.05) is 25.5 Å². The smallest absolute Gasteiger partial charge is 0.350 e. The Bertz CT molecular complexity index is 1120. The van der Waals surface area contributed by atoms with Gasteiger partial charge in [-0.1, -0.05) is 45.0 Å². The molecule has 32 heavy (non-hydrogen) atoms. The fourth-order valence-electron chi connectivity index (χ4n) is 3.84. The standard InChI is InChI=1S/C25H28N2O3S2/c1-25(2,3)18-7-5-16(6-8-18)21-13-19(23(32-21)24(29)30-4)26-22(28)15-27-11-9-20-17(14-27)10-12-31-20/h5-8,10,12-13H,9,11,14-15H2,1-4H3,(H,26,28). The molecule has 0 fully saturated rings. The lowest BCUT2D eigenvalue weighted by molar-refractivity contribution is -0.117. The van der Waals surface area contributed by atoms with Crippen molar-refractivity contribution in [2.45, 2.75) is 39.2 Å². The maximum Gasteiger partial charge on any atom is 0.350 e. The van der Waals surface area contributed by atoms with E-state index in [9.17, 15) is 9.59 Å². The third-order valence-corrected chi connectivity index (χ3v) is 7.85. The predicted molar refractivity (Wildman–Crippen MR) is 132 cm³/mol. The molecule has 0 saturated heterocycles. The fraction of sp³-hybridized carbons (Fsp3) is 0.360. The van der Waals surface area contributed by atoms with Crippen LogP contribution in [0.3, 0.4) is 0 Å².